The molecule has 2 heterocycles. The molecule has 1 N–H and O–H groups in total. The number of ether oxygens (including phenoxy) is 2. The monoisotopic (exact) mass is 485 g/mol. The average molecular weight is 486 g/mol. The summed E-state index contributed by atoms with van der Waals surface area (Å²) in [5, 5.41) is 2.66. The van der Waals surface area contributed by atoms with E-state index in [1.54, 1.807) is 19.1 Å². The fourth-order valence-electron chi connectivity index (χ4n) is 4.31. The molecule has 2 aromatic carbocycles. The Bertz CT molecular complexity index is 1170. The van der Waals surface area contributed by atoms with Gasteiger partial charge >= 0.3 is 6.36 Å². The Morgan fingerprint density at radius 1 is 1.06 bits per heavy atom. The van der Waals surface area contributed by atoms with Gasteiger partial charge in [-0.3, -0.25) is 4.79 Å². The van der Waals surface area contributed by atoms with E-state index in [9.17, 15) is 18.0 Å². The van der Waals surface area contributed by atoms with E-state index in [1.807, 2.05) is 44.2 Å². The molecule has 4 rings (SSSR count). The molecule has 0 saturated carbocycles. The van der Waals surface area contributed by atoms with Gasteiger partial charge in [0.05, 0.1) is 29.7 Å². The molecule has 3 aromatic rings. The fourth-order valence-corrected chi connectivity index (χ4v) is 4.31. The van der Waals surface area contributed by atoms with Crippen molar-refractivity contribution < 1.29 is 27.4 Å². The number of halogens is 3. The van der Waals surface area contributed by atoms with Crippen LogP contribution in [0.25, 0.3) is 11.1 Å². The van der Waals surface area contributed by atoms with Crippen molar-refractivity contribution >= 4 is 17.4 Å². The van der Waals surface area contributed by atoms with Gasteiger partial charge < -0.3 is 19.7 Å². The van der Waals surface area contributed by atoms with E-state index >= 15 is 0 Å². The molecule has 1 aliphatic rings. The standard InChI is InChI=1S/C26H26F3N3O3/c1-16-14-32(15-17(2)34-16)23-12-9-20(13-30-23)31-25(33)24-18(3)21(19-7-5-4-6-8-19)10-11-22(24)35-26(27,28)29/h4-13,16-17H,14-15H2,1-3H3,(H,31,33). The summed E-state index contributed by atoms with van der Waals surface area (Å²) >= 11 is 0. The minimum atomic E-state index is -4.94. The summed E-state index contributed by atoms with van der Waals surface area (Å²) in [6.45, 7) is 6.95. The van der Waals surface area contributed by atoms with Gasteiger partial charge in [0, 0.05) is 13.1 Å². The highest BCUT2D eigenvalue weighted by Crippen LogP contribution is 2.35. The summed E-state index contributed by atoms with van der Waals surface area (Å²) in [5.74, 6) is -0.552. The number of benzene rings is 2. The summed E-state index contributed by atoms with van der Waals surface area (Å²) in [4.78, 5) is 19.7. The first-order valence-electron chi connectivity index (χ1n) is 11.2. The number of hydrogen-bond acceptors (Lipinski definition) is 5. The van der Waals surface area contributed by atoms with Crippen LogP contribution in [0, 0.1) is 6.92 Å². The summed E-state index contributed by atoms with van der Waals surface area (Å²) in [6, 6.07) is 15.2. The van der Waals surface area contributed by atoms with Crippen molar-refractivity contribution in [3.05, 3.63) is 71.9 Å². The molecule has 1 fully saturated rings. The normalized spacial score (nSPS) is 18.3. The van der Waals surface area contributed by atoms with Crippen LogP contribution in [0.4, 0.5) is 24.7 Å². The van der Waals surface area contributed by atoms with Gasteiger partial charge in [0.2, 0.25) is 0 Å². The minimum Gasteiger partial charge on any atom is -0.405 e. The number of nitrogens with one attached hydrogen (secondary N) is 1. The average Bonchev–Trinajstić information content (AvgIpc) is 2.78. The van der Waals surface area contributed by atoms with Crippen LogP contribution in [0.2, 0.25) is 0 Å². The molecule has 1 saturated heterocycles. The Morgan fingerprint density at radius 2 is 1.74 bits per heavy atom. The van der Waals surface area contributed by atoms with Crippen LogP contribution >= 0.6 is 0 Å². The van der Waals surface area contributed by atoms with Crippen molar-refractivity contribution in [2.45, 2.75) is 39.3 Å². The van der Waals surface area contributed by atoms with Crippen LogP contribution in [-0.4, -0.2) is 42.6 Å². The van der Waals surface area contributed by atoms with Gasteiger partial charge in [0.25, 0.3) is 5.91 Å². The number of carbonyl (C=O) groups is 1. The lowest BCUT2D eigenvalue weighted by Crippen LogP contribution is -2.45. The molecule has 0 spiro atoms. The topological polar surface area (TPSA) is 63.7 Å². The summed E-state index contributed by atoms with van der Waals surface area (Å²) < 4.78 is 49.1. The molecule has 1 aromatic heterocycles. The molecule has 0 radical (unpaired) electrons. The maximum atomic E-state index is 13.2. The van der Waals surface area contributed by atoms with Gasteiger partial charge in [0.1, 0.15) is 11.6 Å². The molecular weight excluding hydrogens is 459 g/mol. The molecule has 2 atom stereocenters. The van der Waals surface area contributed by atoms with E-state index in [0.717, 1.165) is 11.4 Å². The number of rotatable bonds is 5. The van der Waals surface area contributed by atoms with Crippen molar-refractivity contribution in [1.82, 2.24) is 4.98 Å². The second kappa shape index (κ2) is 9.95. The lowest BCUT2D eigenvalue weighted by Gasteiger charge is -2.36. The smallest absolute Gasteiger partial charge is 0.405 e. The van der Waals surface area contributed by atoms with Crippen LogP contribution in [0.15, 0.2) is 60.8 Å². The number of hydrogen-bond donors (Lipinski definition) is 1. The van der Waals surface area contributed by atoms with Crippen molar-refractivity contribution in [2.75, 3.05) is 23.3 Å². The van der Waals surface area contributed by atoms with Gasteiger partial charge in [0.15, 0.2) is 0 Å². The molecule has 2 unspecified atom stereocenters. The highest BCUT2D eigenvalue weighted by Gasteiger charge is 2.34. The Hall–Kier alpha value is -3.59. The van der Waals surface area contributed by atoms with E-state index in [-0.39, 0.29) is 17.8 Å². The Morgan fingerprint density at radius 3 is 2.34 bits per heavy atom. The maximum absolute atomic E-state index is 13.2. The Labute approximate surface area is 201 Å². The zero-order valence-corrected chi connectivity index (χ0v) is 19.6. The number of amides is 1. The number of aromatic nitrogens is 1. The molecule has 35 heavy (non-hydrogen) atoms. The van der Waals surface area contributed by atoms with Crippen LogP contribution in [0.1, 0.15) is 29.8 Å². The quantitative estimate of drug-likeness (QED) is 0.493. The third kappa shape index (κ3) is 5.92. The predicted octanol–water partition coefficient (Wildman–Crippen LogP) is 5.82. The van der Waals surface area contributed by atoms with Crippen molar-refractivity contribution in [3.63, 3.8) is 0 Å². The summed E-state index contributed by atoms with van der Waals surface area (Å²) in [5.41, 5.74) is 1.95. The Balaban J connectivity index is 1.61. The molecule has 1 amide bonds. The summed E-state index contributed by atoms with van der Waals surface area (Å²) in [6.07, 6.45) is -3.33. The van der Waals surface area contributed by atoms with E-state index in [0.29, 0.717) is 29.9 Å². The maximum Gasteiger partial charge on any atom is 0.573 e. The third-order valence-corrected chi connectivity index (χ3v) is 5.71. The lowest BCUT2D eigenvalue weighted by atomic mass is 9.95. The molecule has 0 aliphatic carbocycles. The number of alkyl halides is 3. The van der Waals surface area contributed by atoms with Crippen LogP contribution < -0.4 is 15.0 Å². The second-order valence-electron chi connectivity index (χ2n) is 8.55. The number of nitrogens with zero attached hydrogens (tertiary/aromatic N) is 2. The molecule has 1 aliphatic heterocycles. The SMILES string of the molecule is Cc1c(-c2ccccc2)ccc(OC(F)(F)F)c1C(=O)Nc1ccc(N2CC(C)OC(C)C2)nc1. The van der Waals surface area contributed by atoms with E-state index in [1.165, 1.54) is 18.3 Å². The van der Waals surface area contributed by atoms with Gasteiger partial charge in [-0.2, -0.15) is 0 Å². The van der Waals surface area contributed by atoms with Crippen LogP contribution in [-0.2, 0) is 4.74 Å². The zero-order valence-electron chi connectivity index (χ0n) is 19.6. The largest absolute Gasteiger partial charge is 0.573 e. The van der Waals surface area contributed by atoms with Crippen molar-refractivity contribution in [2.24, 2.45) is 0 Å². The molecule has 6 nitrogen and oxygen atoms in total. The first-order valence-corrected chi connectivity index (χ1v) is 11.2. The molecule has 9 heteroatoms. The second-order valence-corrected chi connectivity index (χ2v) is 8.55. The van der Waals surface area contributed by atoms with E-state index < -0.39 is 18.0 Å². The van der Waals surface area contributed by atoms with E-state index in [2.05, 4.69) is 19.9 Å². The minimum absolute atomic E-state index is 0.0619. The van der Waals surface area contributed by atoms with Gasteiger partial charge in [-0.05, 0) is 55.7 Å². The highest BCUT2D eigenvalue weighted by atomic mass is 19.4. The predicted molar refractivity (Wildman–Crippen MR) is 128 cm³/mol. The number of morpholine rings is 1. The number of anilines is 2. The first-order chi connectivity index (χ1) is 16.6. The highest BCUT2D eigenvalue weighted by molar-refractivity contribution is 6.08. The van der Waals surface area contributed by atoms with Gasteiger partial charge in [-0.1, -0.05) is 36.4 Å². The third-order valence-electron chi connectivity index (χ3n) is 5.71. The fraction of sp³-hybridized carbons (Fsp3) is 0.308. The van der Waals surface area contributed by atoms with Gasteiger partial charge in [-0.15, -0.1) is 13.2 Å². The molecule has 0 bridgehead atoms. The number of carbonyl (C=O) groups excluding carboxylic acids is 1. The van der Waals surface area contributed by atoms with Crippen LogP contribution in [0.3, 0.4) is 0 Å². The Kier molecular flexibility index (Phi) is 6.98. The summed E-state index contributed by atoms with van der Waals surface area (Å²) in [7, 11) is 0. The zero-order chi connectivity index (χ0) is 25.2. The number of pyridine rings is 1. The van der Waals surface area contributed by atoms with E-state index in [4.69, 9.17) is 4.74 Å². The molecular formula is C26H26F3N3O3. The van der Waals surface area contributed by atoms with Crippen molar-refractivity contribution in [1.29, 1.82) is 0 Å². The van der Waals surface area contributed by atoms with Crippen LogP contribution in [0.5, 0.6) is 5.75 Å². The lowest BCUT2D eigenvalue weighted by molar-refractivity contribution is -0.274. The first kappa shape index (κ1) is 24.5. The van der Waals surface area contributed by atoms with Crippen molar-refractivity contribution in [3.8, 4) is 16.9 Å². The molecule has 184 valence electrons. The van der Waals surface area contributed by atoms with Gasteiger partial charge in [-0.25, -0.2) is 4.98 Å².